The lowest BCUT2D eigenvalue weighted by Gasteiger charge is -2.13. The summed E-state index contributed by atoms with van der Waals surface area (Å²) < 4.78 is 35.5. The van der Waals surface area contributed by atoms with Crippen molar-refractivity contribution in [3.05, 3.63) is 35.9 Å². The molecule has 2 N–H and O–H groups in total. The third-order valence-electron chi connectivity index (χ3n) is 4.31. The normalized spacial score (nSPS) is 17.6. The second-order valence-corrected chi connectivity index (χ2v) is 9.01. The molecule has 28 heavy (non-hydrogen) atoms. The zero-order valence-electron chi connectivity index (χ0n) is 16.7. The third-order valence-corrected chi connectivity index (χ3v) is 6.00. The van der Waals surface area contributed by atoms with Gasteiger partial charge in [0.1, 0.15) is 0 Å². The summed E-state index contributed by atoms with van der Waals surface area (Å²) in [6, 6.07) is 9.28. The van der Waals surface area contributed by atoms with Gasteiger partial charge in [0.2, 0.25) is 0 Å². The number of guanidine groups is 1. The van der Waals surface area contributed by atoms with Crippen molar-refractivity contribution in [1.29, 1.82) is 0 Å². The predicted molar refractivity (Wildman–Crippen MR) is 112 cm³/mol. The van der Waals surface area contributed by atoms with Gasteiger partial charge in [-0.05, 0) is 31.7 Å². The first-order valence-electron chi connectivity index (χ1n) is 10.0. The molecule has 158 valence electrons. The molecule has 0 aliphatic carbocycles. The van der Waals surface area contributed by atoms with Gasteiger partial charge in [-0.25, -0.2) is 8.42 Å². The molecular weight excluding hydrogens is 378 g/mol. The molecule has 0 amide bonds. The number of sulfone groups is 1. The van der Waals surface area contributed by atoms with Crippen LogP contribution in [0.25, 0.3) is 0 Å². The van der Waals surface area contributed by atoms with Crippen LogP contribution >= 0.6 is 0 Å². The van der Waals surface area contributed by atoms with Gasteiger partial charge in [0.25, 0.3) is 0 Å². The van der Waals surface area contributed by atoms with Crippen LogP contribution in [0.5, 0.6) is 0 Å². The summed E-state index contributed by atoms with van der Waals surface area (Å²) in [5.74, 6) is 0.941. The van der Waals surface area contributed by atoms with E-state index in [9.17, 15) is 8.42 Å². The molecule has 1 aromatic rings. The maximum absolute atomic E-state index is 12.2. The highest BCUT2D eigenvalue weighted by atomic mass is 32.2. The van der Waals surface area contributed by atoms with Crippen molar-refractivity contribution in [2.45, 2.75) is 38.0 Å². The van der Waals surface area contributed by atoms with Gasteiger partial charge in [0.05, 0.1) is 24.2 Å². The first kappa shape index (κ1) is 22.6. The molecular formula is C20H33N3O4S. The van der Waals surface area contributed by atoms with E-state index in [4.69, 9.17) is 9.47 Å². The molecule has 7 nitrogen and oxygen atoms in total. The molecule has 0 saturated carbocycles. The van der Waals surface area contributed by atoms with Crippen LogP contribution in [-0.2, 0) is 25.1 Å². The quantitative estimate of drug-likeness (QED) is 0.309. The molecule has 2 rings (SSSR count). The summed E-state index contributed by atoms with van der Waals surface area (Å²) in [5, 5.41) is 6.44. The summed E-state index contributed by atoms with van der Waals surface area (Å²) in [6.07, 6.45) is 2.60. The van der Waals surface area contributed by atoms with E-state index in [1.54, 1.807) is 0 Å². The molecule has 1 heterocycles. The maximum Gasteiger partial charge on any atom is 0.191 e. The van der Waals surface area contributed by atoms with Crippen molar-refractivity contribution in [2.75, 3.05) is 45.2 Å². The van der Waals surface area contributed by atoms with E-state index in [-0.39, 0.29) is 17.6 Å². The first-order chi connectivity index (χ1) is 13.6. The van der Waals surface area contributed by atoms with Crippen molar-refractivity contribution < 1.29 is 17.9 Å². The average Bonchev–Trinajstić information content (AvgIpc) is 3.19. The Morgan fingerprint density at radius 1 is 1.25 bits per heavy atom. The van der Waals surface area contributed by atoms with E-state index >= 15 is 0 Å². The summed E-state index contributed by atoms with van der Waals surface area (Å²) >= 11 is 0. The molecule has 1 saturated heterocycles. The van der Waals surface area contributed by atoms with E-state index in [0.717, 1.165) is 38.1 Å². The van der Waals surface area contributed by atoms with E-state index in [2.05, 4.69) is 15.6 Å². The van der Waals surface area contributed by atoms with Gasteiger partial charge in [0.15, 0.2) is 15.8 Å². The van der Waals surface area contributed by atoms with Gasteiger partial charge in [-0.15, -0.1) is 0 Å². The molecule has 1 aromatic carbocycles. The monoisotopic (exact) mass is 411 g/mol. The molecule has 1 fully saturated rings. The van der Waals surface area contributed by atoms with E-state index in [1.165, 1.54) is 0 Å². The van der Waals surface area contributed by atoms with Crippen LogP contribution < -0.4 is 10.6 Å². The Kier molecular flexibility index (Phi) is 10.3. The van der Waals surface area contributed by atoms with Crippen molar-refractivity contribution in [3.8, 4) is 0 Å². The van der Waals surface area contributed by atoms with Gasteiger partial charge in [-0.1, -0.05) is 30.3 Å². The zero-order valence-corrected chi connectivity index (χ0v) is 17.5. The minimum absolute atomic E-state index is 0.0852. The fourth-order valence-electron chi connectivity index (χ4n) is 2.89. The number of rotatable bonds is 12. The highest BCUT2D eigenvalue weighted by Gasteiger charge is 2.15. The summed E-state index contributed by atoms with van der Waals surface area (Å²) in [5.41, 5.74) is 0.826. The van der Waals surface area contributed by atoms with Gasteiger partial charge >= 0.3 is 0 Å². The molecule has 0 spiro atoms. The van der Waals surface area contributed by atoms with Crippen molar-refractivity contribution in [1.82, 2.24) is 10.6 Å². The first-order valence-corrected chi connectivity index (χ1v) is 11.9. The van der Waals surface area contributed by atoms with Crippen molar-refractivity contribution in [2.24, 2.45) is 4.99 Å². The Balaban J connectivity index is 1.63. The molecule has 0 radical (unpaired) electrons. The predicted octanol–water partition coefficient (Wildman–Crippen LogP) is 1.74. The number of hydrogen-bond acceptors (Lipinski definition) is 5. The number of hydrogen-bond donors (Lipinski definition) is 2. The lowest BCUT2D eigenvalue weighted by atomic mass is 10.2. The topological polar surface area (TPSA) is 89.0 Å². The van der Waals surface area contributed by atoms with Gasteiger partial charge in [0, 0.05) is 32.8 Å². The van der Waals surface area contributed by atoms with E-state index in [0.29, 0.717) is 32.1 Å². The highest BCUT2D eigenvalue weighted by molar-refractivity contribution is 7.90. The van der Waals surface area contributed by atoms with Gasteiger partial charge in [-0.2, -0.15) is 0 Å². The second-order valence-electron chi connectivity index (χ2n) is 6.83. The van der Waals surface area contributed by atoms with Crippen molar-refractivity contribution in [3.63, 3.8) is 0 Å². The molecule has 0 bridgehead atoms. The molecule has 1 aliphatic heterocycles. The standard InChI is InChI=1S/C20H33N3O4S/c1-2-21-20(22-11-6-13-27-19-10-14-26-16-19)23-12-7-15-28(24,25)17-18-8-4-3-5-9-18/h3-5,8-9,19H,2,6-7,10-17H2,1H3,(H2,21,22,23). The van der Waals surface area contributed by atoms with Crippen LogP contribution in [0.4, 0.5) is 0 Å². The van der Waals surface area contributed by atoms with Crippen LogP contribution in [0, 0.1) is 0 Å². The Morgan fingerprint density at radius 3 is 2.79 bits per heavy atom. The number of aliphatic imine (C=N–C) groups is 1. The smallest absolute Gasteiger partial charge is 0.191 e. The fourth-order valence-corrected chi connectivity index (χ4v) is 4.30. The van der Waals surface area contributed by atoms with Gasteiger partial charge < -0.3 is 20.1 Å². The number of benzene rings is 1. The molecule has 1 unspecified atom stereocenters. The maximum atomic E-state index is 12.2. The number of nitrogens with one attached hydrogen (secondary N) is 2. The fraction of sp³-hybridized carbons (Fsp3) is 0.650. The third kappa shape index (κ3) is 9.52. The molecule has 1 atom stereocenters. The molecule has 0 aromatic heterocycles. The SMILES string of the molecule is CCNC(=NCCCS(=O)(=O)Cc1ccccc1)NCCCOC1CCOC1. The van der Waals surface area contributed by atoms with E-state index in [1.807, 2.05) is 37.3 Å². The summed E-state index contributed by atoms with van der Waals surface area (Å²) in [4.78, 5) is 4.47. The minimum Gasteiger partial charge on any atom is -0.379 e. The van der Waals surface area contributed by atoms with Crippen molar-refractivity contribution >= 4 is 15.8 Å². The summed E-state index contributed by atoms with van der Waals surface area (Å²) in [6.45, 7) is 6.17. The van der Waals surface area contributed by atoms with Crippen LogP contribution in [-0.4, -0.2) is 65.7 Å². The Morgan fingerprint density at radius 2 is 2.07 bits per heavy atom. The van der Waals surface area contributed by atoms with Crippen LogP contribution in [0.1, 0.15) is 31.7 Å². The lowest BCUT2D eigenvalue weighted by Crippen LogP contribution is -2.38. The van der Waals surface area contributed by atoms with E-state index < -0.39 is 9.84 Å². The number of nitrogens with zero attached hydrogens (tertiary/aromatic N) is 1. The van der Waals surface area contributed by atoms with Gasteiger partial charge in [-0.3, -0.25) is 4.99 Å². The van der Waals surface area contributed by atoms with Crippen LogP contribution in [0.3, 0.4) is 0 Å². The van der Waals surface area contributed by atoms with Crippen LogP contribution in [0.2, 0.25) is 0 Å². The molecule has 8 heteroatoms. The highest BCUT2D eigenvalue weighted by Crippen LogP contribution is 2.08. The Hall–Kier alpha value is -1.64. The number of ether oxygens (including phenoxy) is 2. The van der Waals surface area contributed by atoms with Crippen LogP contribution in [0.15, 0.2) is 35.3 Å². The molecule has 1 aliphatic rings. The Labute approximate surface area is 168 Å². The largest absolute Gasteiger partial charge is 0.379 e. The Bertz CT molecular complexity index is 674. The minimum atomic E-state index is -3.11. The second kappa shape index (κ2) is 12.7. The lowest BCUT2D eigenvalue weighted by molar-refractivity contribution is 0.0420. The summed E-state index contributed by atoms with van der Waals surface area (Å²) in [7, 11) is -3.11. The average molecular weight is 412 g/mol. The zero-order chi connectivity index (χ0) is 20.1.